The number of thioether (sulfide) groups is 1. The van der Waals surface area contributed by atoms with E-state index in [1.165, 1.54) is 16.7 Å². The molecule has 1 aliphatic heterocycles. The molecule has 0 N–H and O–H groups in total. The fourth-order valence-corrected chi connectivity index (χ4v) is 1.53. The van der Waals surface area contributed by atoms with Crippen LogP contribution in [-0.2, 0) is 4.79 Å². The van der Waals surface area contributed by atoms with Crippen LogP contribution in [0.15, 0.2) is 0 Å². The van der Waals surface area contributed by atoms with Gasteiger partial charge in [-0.2, -0.15) is 24.9 Å². The quantitative estimate of drug-likeness (QED) is 0.690. The number of hydrogen-bond donors (Lipinski definition) is 0. The Hall–Kier alpha value is -0.390. The number of carbonyl (C=O) groups excluding carboxylic acids is 1. The van der Waals surface area contributed by atoms with Gasteiger partial charge in [0.05, 0.1) is 11.7 Å². The predicted octanol–water partition coefficient (Wildman–Crippen LogP) is 1.37. The normalized spacial score (nSPS) is 18.6. The Morgan fingerprint density at radius 3 is 2.46 bits per heavy atom. The average molecular weight is 213 g/mol. The molecule has 13 heavy (non-hydrogen) atoms. The highest BCUT2D eigenvalue weighted by atomic mass is 32.2. The Morgan fingerprint density at radius 2 is 2.08 bits per heavy atom. The minimum Gasteiger partial charge on any atom is -0.341 e. The number of rotatable bonds is 2. The third-order valence-corrected chi connectivity index (χ3v) is 2.50. The Balaban J connectivity index is 2.29. The lowest BCUT2D eigenvalue weighted by Gasteiger charge is -2.39. The zero-order chi connectivity index (χ0) is 10.1. The van der Waals surface area contributed by atoms with Gasteiger partial charge in [0, 0.05) is 13.1 Å². The Morgan fingerprint density at radius 1 is 1.54 bits per heavy atom. The zero-order valence-corrected chi connectivity index (χ0v) is 7.91. The fraction of sp³-hybridized carbons (Fsp3) is 0.857. The number of nitrogens with zero attached hydrogens (tertiary/aromatic N) is 1. The Kier molecular flexibility index (Phi) is 3.10. The molecule has 2 nitrogen and oxygen atoms in total. The lowest BCUT2D eigenvalue weighted by molar-refractivity contribution is -0.208. The van der Waals surface area contributed by atoms with Crippen LogP contribution >= 0.6 is 11.8 Å². The first-order chi connectivity index (χ1) is 5.95. The van der Waals surface area contributed by atoms with Crippen molar-refractivity contribution in [3.63, 3.8) is 0 Å². The minimum absolute atomic E-state index is 0.164. The maximum Gasteiger partial charge on any atom is 0.395 e. The third-order valence-electron chi connectivity index (χ3n) is 1.96. The summed E-state index contributed by atoms with van der Waals surface area (Å²) in [7, 11) is 0. The molecule has 1 amide bonds. The van der Waals surface area contributed by atoms with E-state index in [0.717, 1.165) is 0 Å². The second kappa shape index (κ2) is 3.77. The van der Waals surface area contributed by atoms with Gasteiger partial charge in [-0.25, -0.2) is 0 Å². The Labute approximate surface area is 78.5 Å². The smallest absolute Gasteiger partial charge is 0.341 e. The molecule has 0 aromatic rings. The number of halogens is 3. The van der Waals surface area contributed by atoms with Gasteiger partial charge >= 0.3 is 6.18 Å². The predicted molar refractivity (Wildman–Crippen MR) is 44.5 cm³/mol. The van der Waals surface area contributed by atoms with Crippen molar-refractivity contribution in [3.05, 3.63) is 0 Å². The lowest BCUT2D eigenvalue weighted by atomic mass is 10.00. The van der Waals surface area contributed by atoms with E-state index in [2.05, 4.69) is 0 Å². The van der Waals surface area contributed by atoms with Crippen LogP contribution in [0.2, 0.25) is 0 Å². The van der Waals surface area contributed by atoms with Gasteiger partial charge in [-0.15, -0.1) is 0 Å². The molecule has 0 aliphatic carbocycles. The third kappa shape index (κ3) is 2.52. The molecular formula is C7H10F3NOS. The van der Waals surface area contributed by atoms with Gasteiger partial charge < -0.3 is 4.90 Å². The van der Waals surface area contributed by atoms with Gasteiger partial charge in [-0.1, -0.05) is 0 Å². The molecule has 0 unspecified atom stereocenters. The van der Waals surface area contributed by atoms with E-state index in [-0.39, 0.29) is 24.7 Å². The standard InChI is InChI=1S/C7H10F3NOS/c1-13-4-6(12)11-2-5(3-11)7(8,9)10/h5H,2-4H2,1H3. The molecule has 0 aromatic heterocycles. The summed E-state index contributed by atoms with van der Waals surface area (Å²) in [6.07, 6.45) is -2.39. The van der Waals surface area contributed by atoms with E-state index in [0.29, 0.717) is 0 Å². The summed E-state index contributed by atoms with van der Waals surface area (Å²) < 4.78 is 35.9. The van der Waals surface area contributed by atoms with Gasteiger partial charge in [0.2, 0.25) is 5.91 Å². The highest BCUT2D eigenvalue weighted by Crippen LogP contribution is 2.33. The molecule has 1 rings (SSSR count). The first kappa shape index (κ1) is 10.7. The van der Waals surface area contributed by atoms with Crippen LogP contribution in [0.4, 0.5) is 13.2 Å². The van der Waals surface area contributed by atoms with Gasteiger partial charge in [-0.3, -0.25) is 4.79 Å². The van der Waals surface area contributed by atoms with Crippen LogP contribution in [0.3, 0.4) is 0 Å². The zero-order valence-electron chi connectivity index (χ0n) is 7.10. The fourth-order valence-electron chi connectivity index (χ4n) is 1.10. The van der Waals surface area contributed by atoms with Crippen molar-refractivity contribution in [1.29, 1.82) is 0 Å². The van der Waals surface area contributed by atoms with E-state index < -0.39 is 12.1 Å². The molecule has 0 atom stereocenters. The average Bonchev–Trinajstić information content (AvgIpc) is 1.79. The molecule has 0 bridgehead atoms. The second-order valence-electron chi connectivity index (χ2n) is 2.97. The molecule has 1 heterocycles. The SMILES string of the molecule is CSCC(=O)N1CC(C(F)(F)F)C1. The topological polar surface area (TPSA) is 20.3 Å². The summed E-state index contributed by atoms with van der Waals surface area (Å²) in [4.78, 5) is 12.3. The van der Waals surface area contributed by atoms with Crippen molar-refractivity contribution in [2.45, 2.75) is 6.18 Å². The maximum atomic E-state index is 12.0. The summed E-state index contributed by atoms with van der Waals surface area (Å²) in [5, 5.41) is 0. The van der Waals surface area contributed by atoms with E-state index in [1.807, 2.05) is 0 Å². The van der Waals surface area contributed by atoms with Gasteiger partial charge in [0.15, 0.2) is 0 Å². The summed E-state index contributed by atoms with van der Waals surface area (Å²) in [5.74, 6) is -1.24. The van der Waals surface area contributed by atoms with Crippen LogP contribution in [0.5, 0.6) is 0 Å². The van der Waals surface area contributed by atoms with Crippen molar-refractivity contribution in [2.24, 2.45) is 5.92 Å². The number of carbonyl (C=O) groups is 1. The maximum absolute atomic E-state index is 12.0. The lowest BCUT2D eigenvalue weighted by Crippen LogP contribution is -2.56. The highest BCUT2D eigenvalue weighted by Gasteiger charge is 2.48. The molecule has 1 saturated heterocycles. The summed E-state index contributed by atoms with van der Waals surface area (Å²) >= 11 is 1.32. The van der Waals surface area contributed by atoms with E-state index in [9.17, 15) is 18.0 Å². The molecule has 1 fully saturated rings. The Bertz CT molecular complexity index is 200. The summed E-state index contributed by atoms with van der Waals surface area (Å²) in [6.45, 7) is -0.328. The molecule has 0 saturated carbocycles. The van der Waals surface area contributed by atoms with Gasteiger partial charge in [0.25, 0.3) is 0 Å². The number of hydrogen-bond acceptors (Lipinski definition) is 2. The van der Waals surface area contributed by atoms with Gasteiger partial charge in [0.1, 0.15) is 0 Å². The molecule has 0 aromatic carbocycles. The monoisotopic (exact) mass is 213 g/mol. The second-order valence-corrected chi connectivity index (χ2v) is 3.84. The molecule has 6 heteroatoms. The van der Waals surface area contributed by atoms with Crippen molar-refractivity contribution in [2.75, 3.05) is 25.1 Å². The molecule has 0 spiro atoms. The van der Waals surface area contributed by atoms with Crippen LogP contribution in [0.25, 0.3) is 0 Å². The van der Waals surface area contributed by atoms with E-state index in [4.69, 9.17) is 0 Å². The summed E-state index contributed by atoms with van der Waals surface area (Å²) in [5.41, 5.74) is 0. The molecule has 1 aliphatic rings. The van der Waals surface area contributed by atoms with Crippen molar-refractivity contribution in [3.8, 4) is 0 Å². The first-order valence-corrected chi connectivity index (χ1v) is 5.18. The van der Waals surface area contributed by atoms with Crippen molar-refractivity contribution >= 4 is 17.7 Å². The number of amides is 1. The van der Waals surface area contributed by atoms with Crippen LogP contribution < -0.4 is 0 Å². The van der Waals surface area contributed by atoms with Crippen LogP contribution in [0, 0.1) is 5.92 Å². The highest BCUT2D eigenvalue weighted by molar-refractivity contribution is 7.99. The van der Waals surface area contributed by atoms with Crippen molar-refractivity contribution in [1.82, 2.24) is 4.90 Å². The first-order valence-electron chi connectivity index (χ1n) is 3.78. The van der Waals surface area contributed by atoms with E-state index in [1.54, 1.807) is 6.26 Å². The number of alkyl halides is 3. The van der Waals surface area contributed by atoms with Crippen molar-refractivity contribution < 1.29 is 18.0 Å². The van der Waals surface area contributed by atoms with E-state index >= 15 is 0 Å². The molecular weight excluding hydrogens is 203 g/mol. The van der Waals surface area contributed by atoms with Crippen LogP contribution in [-0.4, -0.2) is 42.1 Å². The largest absolute Gasteiger partial charge is 0.395 e. The molecule has 0 radical (unpaired) electrons. The van der Waals surface area contributed by atoms with Gasteiger partial charge in [-0.05, 0) is 6.26 Å². The number of likely N-dealkylation sites (tertiary alicyclic amines) is 1. The van der Waals surface area contributed by atoms with Crippen LogP contribution in [0.1, 0.15) is 0 Å². The minimum atomic E-state index is -4.14. The molecule has 76 valence electrons. The summed E-state index contributed by atoms with van der Waals surface area (Å²) in [6, 6.07) is 0.